The second kappa shape index (κ2) is 6.52. The van der Waals surface area contributed by atoms with Crippen molar-refractivity contribution in [3.63, 3.8) is 0 Å². The predicted molar refractivity (Wildman–Crippen MR) is 62.5 cm³/mol. The third-order valence-corrected chi connectivity index (χ3v) is 2.84. The molecular weight excluding hydrogens is 276 g/mol. The van der Waals surface area contributed by atoms with Gasteiger partial charge in [-0.25, -0.2) is 9.59 Å². The van der Waals surface area contributed by atoms with Crippen molar-refractivity contribution in [2.75, 3.05) is 13.2 Å². The van der Waals surface area contributed by atoms with Gasteiger partial charge in [0.05, 0.1) is 13.2 Å². The lowest BCUT2D eigenvalue weighted by Crippen LogP contribution is -2.59. The molecule has 0 fully saturated rings. The largest absolute Gasteiger partial charge is 0.479 e. The van der Waals surface area contributed by atoms with E-state index in [2.05, 4.69) is 0 Å². The first-order chi connectivity index (χ1) is 9.06. The van der Waals surface area contributed by atoms with Crippen molar-refractivity contribution in [1.29, 1.82) is 0 Å². The van der Waals surface area contributed by atoms with Gasteiger partial charge in [-0.3, -0.25) is 9.59 Å². The van der Waals surface area contributed by atoms with Gasteiger partial charge in [0.15, 0.2) is 22.6 Å². The van der Waals surface area contributed by atoms with Crippen LogP contribution in [0.3, 0.4) is 0 Å². The number of hydrogen-bond donors (Lipinski definition) is 6. The minimum Gasteiger partial charge on any atom is -0.479 e. The molecule has 2 atom stereocenters. The first kappa shape index (κ1) is 18.1. The van der Waals surface area contributed by atoms with Gasteiger partial charge in [-0.05, 0) is 0 Å². The van der Waals surface area contributed by atoms with Crippen LogP contribution in [0.25, 0.3) is 0 Å². The predicted octanol–water partition coefficient (Wildman–Crippen LogP) is -3.55. The monoisotopic (exact) mass is 292 g/mol. The minimum atomic E-state index is -2.57. The van der Waals surface area contributed by atoms with Crippen LogP contribution in [0.4, 0.5) is 0 Å². The summed E-state index contributed by atoms with van der Waals surface area (Å²) in [4.78, 5) is 44.6. The lowest BCUT2D eigenvalue weighted by Gasteiger charge is -2.22. The first-order valence-corrected chi connectivity index (χ1v) is 5.39. The average molecular weight is 292 g/mol. The molecule has 0 aliphatic carbocycles. The number of aliphatic hydroxyl groups is 2. The summed E-state index contributed by atoms with van der Waals surface area (Å²) >= 11 is 0. The smallest absolute Gasteiger partial charge is 0.333 e. The third kappa shape index (κ3) is 3.36. The van der Waals surface area contributed by atoms with Crippen molar-refractivity contribution in [3.8, 4) is 0 Å². The molecule has 0 bridgehead atoms. The fourth-order valence-electron chi connectivity index (χ4n) is 1.22. The molecule has 114 valence electrons. The summed E-state index contributed by atoms with van der Waals surface area (Å²) in [6, 6.07) is 0. The fourth-order valence-corrected chi connectivity index (χ4v) is 1.22. The van der Waals surface area contributed by atoms with Gasteiger partial charge >= 0.3 is 11.9 Å². The Morgan fingerprint density at radius 3 is 1.15 bits per heavy atom. The Morgan fingerprint density at radius 2 is 1.00 bits per heavy atom. The van der Waals surface area contributed by atoms with Crippen LogP contribution in [0.15, 0.2) is 0 Å². The molecule has 0 aromatic heterocycles. The SMILES string of the molecule is NC(CO)(C(=O)O)C(=O)CCC(=O)C(N)(CO)C(=O)O. The summed E-state index contributed by atoms with van der Waals surface area (Å²) in [7, 11) is 0. The maximum Gasteiger partial charge on any atom is 0.333 e. The van der Waals surface area contributed by atoms with Crippen molar-refractivity contribution >= 4 is 23.5 Å². The van der Waals surface area contributed by atoms with Gasteiger partial charge in [0.2, 0.25) is 0 Å². The fraction of sp³-hybridized carbons (Fsp3) is 0.600. The molecule has 20 heavy (non-hydrogen) atoms. The number of carbonyl (C=O) groups excluding carboxylic acids is 2. The summed E-state index contributed by atoms with van der Waals surface area (Å²) in [5, 5.41) is 35.1. The first-order valence-electron chi connectivity index (χ1n) is 5.39. The molecule has 0 saturated carbocycles. The second-order valence-corrected chi connectivity index (χ2v) is 4.22. The number of Topliss-reactive ketones (excluding diaryl/α,β-unsaturated/α-hetero) is 2. The van der Waals surface area contributed by atoms with E-state index in [0.29, 0.717) is 0 Å². The molecule has 0 rings (SSSR count). The van der Waals surface area contributed by atoms with Crippen LogP contribution >= 0.6 is 0 Å². The van der Waals surface area contributed by atoms with Crippen molar-refractivity contribution in [2.45, 2.75) is 23.9 Å². The van der Waals surface area contributed by atoms with Crippen molar-refractivity contribution < 1.29 is 39.6 Å². The molecule has 0 aliphatic rings. The van der Waals surface area contributed by atoms with Gasteiger partial charge in [0.25, 0.3) is 0 Å². The molecule has 0 saturated heterocycles. The Balaban J connectivity index is 4.88. The van der Waals surface area contributed by atoms with Crippen LogP contribution in [0, 0.1) is 0 Å². The molecule has 0 heterocycles. The summed E-state index contributed by atoms with van der Waals surface area (Å²) in [6.07, 6.45) is -1.46. The molecule has 0 aromatic rings. The van der Waals surface area contributed by atoms with E-state index in [9.17, 15) is 19.2 Å². The number of nitrogens with two attached hydrogens (primary N) is 2. The molecule has 10 nitrogen and oxygen atoms in total. The lowest BCUT2D eigenvalue weighted by molar-refractivity contribution is -0.153. The molecule has 10 heteroatoms. The van der Waals surface area contributed by atoms with Gasteiger partial charge in [-0.15, -0.1) is 0 Å². The molecular formula is C10H16N2O8. The van der Waals surface area contributed by atoms with Crippen LogP contribution in [-0.2, 0) is 19.2 Å². The van der Waals surface area contributed by atoms with Gasteiger partial charge in [0.1, 0.15) is 0 Å². The Hall–Kier alpha value is -1.88. The van der Waals surface area contributed by atoms with E-state index < -0.39 is 60.6 Å². The molecule has 0 amide bonds. The zero-order valence-corrected chi connectivity index (χ0v) is 10.4. The highest BCUT2D eigenvalue weighted by molar-refractivity contribution is 6.11. The number of carboxylic acid groups (broad SMARTS) is 2. The Labute approximate surface area is 113 Å². The van der Waals surface area contributed by atoms with Crippen molar-refractivity contribution in [3.05, 3.63) is 0 Å². The Kier molecular flexibility index (Phi) is 5.91. The number of carbonyl (C=O) groups is 4. The number of aliphatic hydroxyl groups excluding tert-OH is 2. The van der Waals surface area contributed by atoms with Crippen LogP contribution < -0.4 is 11.5 Å². The van der Waals surface area contributed by atoms with Gasteiger partial charge < -0.3 is 31.9 Å². The second-order valence-electron chi connectivity index (χ2n) is 4.22. The van der Waals surface area contributed by atoms with Gasteiger partial charge in [-0.2, -0.15) is 0 Å². The summed E-state index contributed by atoms with van der Waals surface area (Å²) < 4.78 is 0. The van der Waals surface area contributed by atoms with E-state index in [-0.39, 0.29) is 0 Å². The molecule has 0 aromatic carbocycles. The molecule has 0 radical (unpaired) electrons. The van der Waals surface area contributed by atoms with E-state index >= 15 is 0 Å². The zero-order chi connectivity index (χ0) is 16.1. The minimum absolute atomic E-state index is 0.728. The summed E-state index contributed by atoms with van der Waals surface area (Å²) in [5.41, 5.74) is 5.19. The van der Waals surface area contributed by atoms with Crippen LogP contribution in [0.5, 0.6) is 0 Å². The number of aliphatic carboxylic acids is 2. The van der Waals surface area contributed by atoms with E-state index in [0.717, 1.165) is 0 Å². The molecule has 8 N–H and O–H groups in total. The standard InChI is InChI=1S/C10H16N2O8/c11-9(3-13,7(17)18)5(15)1-2-6(16)10(12,4-14)8(19)20/h13-14H,1-4,11-12H2,(H,17,18)(H,19,20). The van der Waals surface area contributed by atoms with Crippen LogP contribution in [0.1, 0.15) is 12.8 Å². The van der Waals surface area contributed by atoms with E-state index in [1.165, 1.54) is 0 Å². The highest BCUT2D eigenvalue weighted by atomic mass is 16.4. The van der Waals surface area contributed by atoms with Crippen LogP contribution in [0.2, 0.25) is 0 Å². The Morgan fingerprint density at radius 1 is 0.750 bits per heavy atom. The number of rotatable bonds is 9. The quantitative estimate of drug-likeness (QED) is 0.231. The topological polar surface area (TPSA) is 201 Å². The van der Waals surface area contributed by atoms with Crippen LogP contribution in [-0.4, -0.2) is 68.2 Å². The normalized spacial score (nSPS) is 16.8. The van der Waals surface area contributed by atoms with E-state index in [1.54, 1.807) is 0 Å². The summed E-state index contributed by atoms with van der Waals surface area (Å²) in [5.74, 6) is -5.88. The maximum atomic E-state index is 11.6. The number of ketones is 2. The summed E-state index contributed by atoms with van der Waals surface area (Å²) in [6.45, 7) is -2.36. The zero-order valence-electron chi connectivity index (χ0n) is 10.4. The molecule has 0 aliphatic heterocycles. The molecule has 0 spiro atoms. The highest BCUT2D eigenvalue weighted by Crippen LogP contribution is 2.12. The lowest BCUT2D eigenvalue weighted by atomic mass is 9.88. The van der Waals surface area contributed by atoms with Gasteiger partial charge in [-0.1, -0.05) is 0 Å². The number of carboxylic acids is 2. The maximum absolute atomic E-state index is 11.6. The average Bonchev–Trinajstić information content (AvgIpc) is 2.41. The van der Waals surface area contributed by atoms with Crippen molar-refractivity contribution in [2.24, 2.45) is 11.5 Å². The van der Waals surface area contributed by atoms with Gasteiger partial charge in [0, 0.05) is 12.8 Å². The third-order valence-electron chi connectivity index (χ3n) is 2.84. The van der Waals surface area contributed by atoms with E-state index in [4.69, 9.17) is 31.9 Å². The van der Waals surface area contributed by atoms with E-state index in [1.807, 2.05) is 0 Å². The number of hydrogen-bond acceptors (Lipinski definition) is 8. The van der Waals surface area contributed by atoms with Crippen molar-refractivity contribution in [1.82, 2.24) is 0 Å². The Bertz CT molecular complexity index is 397. The molecule has 2 unspecified atom stereocenters. The highest BCUT2D eigenvalue weighted by Gasteiger charge is 2.44.